The maximum absolute atomic E-state index is 13.2. The molecule has 3 rings (SSSR count). The predicted molar refractivity (Wildman–Crippen MR) is 95.2 cm³/mol. The lowest BCUT2D eigenvalue weighted by molar-refractivity contribution is -0.155. The predicted octanol–water partition coefficient (Wildman–Crippen LogP) is 3.77. The van der Waals surface area contributed by atoms with Crippen LogP contribution in [0.2, 0.25) is 0 Å². The van der Waals surface area contributed by atoms with E-state index in [9.17, 15) is 9.59 Å². The molecular weight excluding hydrogens is 300 g/mol. The van der Waals surface area contributed by atoms with E-state index in [1.54, 1.807) is 4.90 Å². The molecule has 0 aliphatic heterocycles. The highest BCUT2D eigenvalue weighted by atomic mass is 16.2. The van der Waals surface area contributed by atoms with Crippen LogP contribution in [0.25, 0.3) is 0 Å². The average Bonchev–Trinajstić information content (AvgIpc) is 2.64. The average molecular weight is 335 g/mol. The molecule has 2 amide bonds. The number of nitrogens with two attached hydrogens (primary N) is 1. The van der Waals surface area contributed by atoms with Gasteiger partial charge in [-0.25, -0.2) is 0 Å². The summed E-state index contributed by atoms with van der Waals surface area (Å²) in [5, 5.41) is 0. The van der Waals surface area contributed by atoms with E-state index in [0.717, 1.165) is 77.0 Å². The van der Waals surface area contributed by atoms with Crippen LogP contribution < -0.4 is 5.73 Å². The van der Waals surface area contributed by atoms with Crippen LogP contribution >= 0.6 is 0 Å². The van der Waals surface area contributed by atoms with Crippen LogP contribution in [0.3, 0.4) is 0 Å². The van der Waals surface area contributed by atoms with Crippen molar-refractivity contribution >= 4 is 11.8 Å². The first-order valence-corrected chi connectivity index (χ1v) is 10.3. The number of imide groups is 1. The lowest BCUT2D eigenvalue weighted by atomic mass is 9.83. The summed E-state index contributed by atoms with van der Waals surface area (Å²) >= 11 is 0. The normalized spacial score (nSPS) is 30.0. The lowest BCUT2D eigenvalue weighted by Crippen LogP contribution is -2.52. The standard InChI is InChI=1S/C20H34N2O2/c21-17-11-13-18(14-12-17)22(19(23)15-7-3-1-4-8-15)20(24)16-9-5-2-6-10-16/h15-18H,1-14,21H2. The van der Waals surface area contributed by atoms with Gasteiger partial charge >= 0.3 is 0 Å². The highest BCUT2D eigenvalue weighted by Gasteiger charge is 2.39. The Morgan fingerprint density at radius 1 is 0.625 bits per heavy atom. The molecule has 0 spiro atoms. The summed E-state index contributed by atoms with van der Waals surface area (Å²) in [6.07, 6.45) is 14.6. The molecule has 0 heterocycles. The zero-order valence-corrected chi connectivity index (χ0v) is 15.0. The first-order valence-electron chi connectivity index (χ1n) is 10.3. The SMILES string of the molecule is NC1CCC(N(C(=O)C2CCCCC2)C(=O)C2CCCCC2)CC1. The van der Waals surface area contributed by atoms with Crippen molar-refractivity contribution in [3.63, 3.8) is 0 Å². The van der Waals surface area contributed by atoms with Crippen LogP contribution in [-0.2, 0) is 9.59 Å². The number of hydrogen-bond donors (Lipinski definition) is 1. The maximum atomic E-state index is 13.2. The molecule has 0 radical (unpaired) electrons. The zero-order chi connectivity index (χ0) is 16.9. The Balaban J connectivity index is 1.74. The maximum Gasteiger partial charge on any atom is 0.232 e. The number of carbonyl (C=O) groups is 2. The number of amides is 2. The quantitative estimate of drug-likeness (QED) is 0.799. The highest BCUT2D eigenvalue weighted by Crippen LogP contribution is 2.33. The van der Waals surface area contributed by atoms with E-state index in [1.165, 1.54) is 12.8 Å². The minimum absolute atomic E-state index is 0.0851. The monoisotopic (exact) mass is 334 g/mol. The molecule has 24 heavy (non-hydrogen) atoms. The van der Waals surface area contributed by atoms with Gasteiger partial charge in [0.25, 0.3) is 0 Å². The molecule has 0 bridgehead atoms. The second kappa shape index (κ2) is 8.46. The van der Waals surface area contributed by atoms with Crippen LogP contribution in [0, 0.1) is 11.8 Å². The summed E-state index contributed by atoms with van der Waals surface area (Å²) in [6.45, 7) is 0. The molecule has 0 aromatic heterocycles. The fraction of sp³-hybridized carbons (Fsp3) is 0.900. The second-order valence-corrected chi connectivity index (χ2v) is 8.28. The van der Waals surface area contributed by atoms with Crippen molar-refractivity contribution in [1.29, 1.82) is 0 Å². The minimum atomic E-state index is 0.0851. The minimum Gasteiger partial charge on any atom is -0.328 e. The third-order valence-electron chi connectivity index (χ3n) is 6.49. The van der Waals surface area contributed by atoms with Gasteiger partial charge in [0.05, 0.1) is 0 Å². The van der Waals surface area contributed by atoms with Crippen LogP contribution in [-0.4, -0.2) is 28.8 Å². The Hall–Kier alpha value is -0.900. The van der Waals surface area contributed by atoms with E-state index >= 15 is 0 Å². The molecular formula is C20H34N2O2. The van der Waals surface area contributed by atoms with Crippen molar-refractivity contribution < 1.29 is 9.59 Å². The van der Waals surface area contributed by atoms with E-state index in [0.29, 0.717) is 0 Å². The molecule has 0 aromatic rings. The van der Waals surface area contributed by atoms with Gasteiger partial charge in [0.2, 0.25) is 11.8 Å². The van der Waals surface area contributed by atoms with E-state index in [1.807, 2.05) is 0 Å². The molecule has 0 aromatic carbocycles. The summed E-state index contributed by atoms with van der Waals surface area (Å²) in [5.74, 6) is 0.459. The van der Waals surface area contributed by atoms with Crippen molar-refractivity contribution in [2.75, 3.05) is 0 Å². The van der Waals surface area contributed by atoms with E-state index in [2.05, 4.69) is 0 Å². The van der Waals surface area contributed by atoms with Crippen molar-refractivity contribution in [1.82, 2.24) is 4.90 Å². The van der Waals surface area contributed by atoms with E-state index in [-0.39, 0.29) is 35.7 Å². The Kier molecular flexibility index (Phi) is 6.31. The van der Waals surface area contributed by atoms with Gasteiger partial charge in [-0.15, -0.1) is 0 Å². The van der Waals surface area contributed by atoms with E-state index < -0.39 is 0 Å². The smallest absolute Gasteiger partial charge is 0.232 e. The van der Waals surface area contributed by atoms with Crippen LogP contribution in [0.5, 0.6) is 0 Å². The molecule has 0 unspecified atom stereocenters. The number of carbonyl (C=O) groups excluding carboxylic acids is 2. The molecule has 3 aliphatic carbocycles. The summed E-state index contributed by atoms with van der Waals surface area (Å²) in [4.78, 5) is 28.2. The van der Waals surface area contributed by atoms with E-state index in [4.69, 9.17) is 5.73 Å². The first kappa shape index (κ1) is 17.9. The van der Waals surface area contributed by atoms with Crippen molar-refractivity contribution in [3.8, 4) is 0 Å². The van der Waals surface area contributed by atoms with Gasteiger partial charge < -0.3 is 5.73 Å². The molecule has 3 saturated carbocycles. The molecule has 0 saturated heterocycles. The zero-order valence-electron chi connectivity index (χ0n) is 15.0. The number of hydrogen-bond acceptors (Lipinski definition) is 3. The summed E-state index contributed by atoms with van der Waals surface area (Å²) in [7, 11) is 0. The molecule has 3 aliphatic rings. The topological polar surface area (TPSA) is 63.4 Å². The van der Waals surface area contributed by atoms with Gasteiger partial charge in [0.15, 0.2) is 0 Å². The Morgan fingerprint density at radius 2 is 1.04 bits per heavy atom. The van der Waals surface area contributed by atoms with Crippen molar-refractivity contribution in [3.05, 3.63) is 0 Å². The molecule has 4 heteroatoms. The second-order valence-electron chi connectivity index (χ2n) is 8.28. The molecule has 136 valence electrons. The fourth-order valence-electron chi connectivity index (χ4n) is 4.92. The van der Waals surface area contributed by atoms with Crippen LogP contribution in [0.1, 0.15) is 89.9 Å². The van der Waals surface area contributed by atoms with Gasteiger partial charge in [-0.05, 0) is 51.4 Å². The largest absolute Gasteiger partial charge is 0.328 e. The van der Waals surface area contributed by atoms with Crippen LogP contribution in [0.4, 0.5) is 0 Å². The highest BCUT2D eigenvalue weighted by molar-refractivity contribution is 5.97. The van der Waals surface area contributed by atoms with Gasteiger partial charge in [0.1, 0.15) is 0 Å². The Bertz CT molecular complexity index is 401. The van der Waals surface area contributed by atoms with Gasteiger partial charge in [-0.1, -0.05) is 38.5 Å². The first-order chi connectivity index (χ1) is 11.7. The third-order valence-corrected chi connectivity index (χ3v) is 6.49. The molecule has 0 atom stereocenters. The molecule has 2 N–H and O–H groups in total. The van der Waals surface area contributed by atoms with Gasteiger partial charge in [0, 0.05) is 23.9 Å². The van der Waals surface area contributed by atoms with Gasteiger partial charge in [-0.2, -0.15) is 0 Å². The summed E-state index contributed by atoms with van der Waals surface area (Å²) in [5.41, 5.74) is 6.05. The van der Waals surface area contributed by atoms with Crippen LogP contribution in [0.15, 0.2) is 0 Å². The number of nitrogens with zero attached hydrogens (tertiary/aromatic N) is 1. The third kappa shape index (κ3) is 4.19. The molecule has 3 fully saturated rings. The lowest BCUT2D eigenvalue weighted by Gasteiger charge is -2.39. The van der Waals surface area contributed by atoms with Crippen molar-refractivity contribution in [2.24, 2.45) is 17.6 Å². The molecule has 4 nitrogen and oxygen atoms in total. The summed E-state index contributed by atoms with van der Waals surface area (Å²) in [6, 6.07) is 0.353. The fourth-order valence-corrected chi connectivity index (χ4v) is 4.92. The van der Waals surface area contributed by atoms with Crippen molar-refractivity contribution in [2.45, 2.75) is 102 Å². The Labute approximate surface area is 146 Å². The Morgan fingerprint density at radius 3 is 1.46 bits per heavy atom. The number of rotatable bonds is 3. The summed E-state index contributed by atoms with van der Waals surface area (Å²) < 4.78 is 0. The van der Waals surface area contributed by atoms with Gasteiger partial charge in [-0.3, -0.25) is 14.5 Å².